The van der Waals surface area contributed by atoms with Crippen LogP contribution in [0.4, 0.5) is 13.2 Å². The Labute approximate surface area is 108 Å². The SMILES string of the molecule is COc1cc(C(O)C(O)CS)ccc1C(F)(F)F. The standard InChI is InChI=1S/C11H13F3O3S/c1-17-9-4-6(10(16)8(15)5-18)2-3-7(9)11(12,13)14/h2-4,8,10,15-16,18H,5H2,1H3. The maximum Gasteiger partial charge on any atom is 0.419 e. The van der Waals surface area contributed by atoms with Crippen LogP contribution in [-0.4, -0.2) is 29.2 Å². The molecule has 0 saturated heterocycles. The first-order valence-corrected chi connectivity index (χ1v) is 5.66. The van der Waals surface area contributed by atoms with Crippen LogP contribution >= 0.6 is 12.6 Å². The van der Waals surface area contributed by atoms with E-state index in [1.807, 2.05) is 0 Å². The predicted octanol–water partition coefficient (Wildman–Crippen LogP) is 2.04. The maximum absolute atomic E-state index is 12.6. The molecule has 1 aromatic rings. The first kappa shape index (κ1) is 15.1. The van der Waals surface area contributed by atoms with Crippen molar-refractivity contribution in [3.63, 3.8) is 0 Å². The Hall–Kier alpha value is -0.920. The molecule has 102 valence electrons. The Balaban J connectivity index is 3.13. The lowest BCUT2D eigenvalue weighted by atomic mass is 10.0. The average Bonchev–Trinajstić information content (AvgIpc) is 2.34. The minimum absolute atomic E-state index is 0.00942. The molecule has 1 rings (SSSR count). The van der Waals surface area contributed by atoms with E-state index in [1.54, 1.807) is 0 Å². The maximum atomic E-state index is 12.6. The second-order valence-electron chi connectivity index (χ2n) is 3.65. The predicted molar refractivity (Wildman–Crippen MR) is 62.8 cm³/mol. The van der Waals surface area contributed by atoms with Gasteiger partial charge < -0.3 is 14.9 Å². The first-order chi connectivity index (χ1) is 8.31. The summed E-state index contributed by atoms with van der Waals surface area (Å²) in [7, 11) is 1.11. The molecule has 0 aliphatic carbocycles. The summed E-state index contributed by atoms with van der Waals surface area (Å²) in [5.74, 6) is -0.407. The number of benzene rings is 1. The van der Waals surface area contributed by atoms with Gasteiger partial charge in [0.2, 0.25) is 0 Å². The molecule has 0 bridgehead atoms. The fourth-order valence-electron chi connectivity index (χ4n) is 1.45. The molecule has 0 saturated carbocycles. The zero-order chi connectivity index (χ0) is 13.9. The van der Waals surface area contributed by atoms with Crippen molar-refractivity contribution in [2.45, 2.75) is 18.4 Å². The van der Waals surface area contributed by atoms with Crippen LogP contribution in [0.1, 0.15) is 17.2 Å². The van der Waals surface area contributed by atoms with E-state index in [0.29, 0.717) is 0 Å². The van der Waals surface area contributed by atoms with Crippen LogP contribution in [0.3, 0.4) is 0 Å². The van der Waals surface area contributed by atoms with Gasteiger partial charge in [0.25, 0.3) is 0 Å². The highest BCUT2D eigenvalue weighted by Gasteiger charge is 2.34. The van der Waals surface area contributed by atoms with Gasteiger partial charge in [0.15, 0.2) is 0 Å². The van der Waals surface area contributed by atoms with Crippen molar-refractivity contribution >= 4 is 12.6 Å². The highest BCUT2D eigenvalue weighted by Crippen LogP contribution is 2.37. The number of hydrogen-bond donors (Lipinski definition) is 3. The third-order valence-corrected chi connectivity index (χ3v) is 2.80. The number of aliphatic hydroxyl groups is 2. The fraction of sp³-hybridized carbons (Fsp3) is 0.455. The number of rotatable bonds is 4. The Morgan fingerprint density at radius 2 is 1.94 bits per heavy atom. The molecule has 0 spiro atoms. The van der Waals surface area contributed by atoms with Gasteiger partial charge in [-0.3, -0.25) is 0 Å². The number of halogens is 3. The molecule has 2 N–H and O–H groups in total. The first-order valence-electron chi connectivity index (χ1n) is 5.03. The molecule has 0 aliphatic heterocycles. The topological polar surface area (TPSA) is 49.7 Å². The lowest BCUT2D eigenvalue weighted by Gasteiger charge is -2.18. The van der Waals surface area contributed by atoms with Crippen molar-refractivity contribution in [3.8, 4) is 5.75 Å². The summed E-state index contributed by atoms with van der Waals surface area (Å²) in [6, 6.07) is 2.96. The van der Waals surface area contributed by atoms with Crippen LogP contribution in [0, 0.1) is 0 Å². The number of ether oxygens (including phenoxy) is 1. The van der Waals surface area contributed by atoms with Gasteiger partial charge in [-0.25, -0.2) is 0 Å². The third-order valence-electron chi connectivity index (χ3n) is 2.42. The summed E-state index contributed by atoms with van der Waals surface area (Å²) >= 11 is 3.80. The van der Waals surface area contributed by atoms with Crippen LogP contribution < -0.4 is 4.74 Å². The van der Waals surface area contributed by atoms with Crippen LogP contribution in [0.25, 0.3) is 0 Å². The zero-order valence-corrected chi connectivity index (χ0v) is 10.4. The number of alkyl halides is 3. The molecule has 0 heterocycles. The highest BCUT2D eigenvalue weighted by molar-refractivity contribution is 7.80. The molecule has 2 unspecified atom stereocenters. The normalized spacial score (nSPS) is 15.3. The lowest BCUT2D eigenvalue weighted by Crippen LogP contribution is -2.20. The van der Waals surface area contributed by atoms with Crippen molar-refractivity contribution in [2.75, 3.05) is 12.9 Å². The van der Waals surface area contributed by atoms with E-state index in [1.165, 1.54) is 0 Å². The Kier molecular flexibility index (Phi) is 4.89. The molecule has 0 fully saturated rings. The van der Waals surface area contributed by atoms with E-state index in [0.717, 1.165) is 25.3 Å². The highest BCUT2D eigenvalue weighted by atomic mass is 32.1. The zero-order valence-electron chi connectivity index (χ0n) is 9.48. The van der Waals surface area contributed by atoms with Crippen molar-refractivity contribution in [1.82, 2.24) is 0 Å². The van der Waals surface area contributed by atoms with E-state index in [4.69, 9.17) is 0 Å². The van der Waals surface area contributed by atoms with E-state index < -0.39 is 29.7 Å². The Morgan fingerprint density at radius 3 is 2.39 bits per heavy atom. The summed E-state index contributed by atoms with van der Waals surface area (Å²) in [5.41, 5.74) is -0.789. The van der Waals surface area contributed by atoms with Gasteiger partial charge in [-0.05, 0) is 17.7 Å². The van der Waals surface area contributed by atoms with Gasteiger partial charge in [0.1, 0.15) is 11.9 Å². The number of methoxy groups -OCH3 is 1. The molecule has 0 radical (unpaired) electrons. The molecule has 18 heavy (non-hydrogen) atoms. The average molecular weight is 282 g/mol. The minimum atomic E-state index is -4.53. The summed E-state index contributed by atoms with van der Waals surface area (Å²) in [6.07, 6.45) is -7.00. The van der Waals surface area contributed by atoms with Gasteiger partial charge in [-0.2, -0.15) is 25.8 Å². The summed E-state index contributed by atoms with van der Waals surface area (Å²) < 4.78 is 42.4. The number of hydrogen-bond acceptors (Lipinski definition) is 4. The molecule has 1 aromatic carbocycles. The smallest absolute Gasteiger partial charge is 0.419 e. The van der Waals surface area contributed by atoms with Crippen molar-refractivity contribution in [2.24, 2.45) is 0 Å². The summed E-state index contributed by atoms with van der Waals surface area (Å²) in [4.78, 5) is 0. The monoisotopic (exact) mass is 282 g/mol. The van der Waals surface area contributed by atoms with Crippen molar-refractivity contribution < 1.29 is 28.1 Å². The van der Waals surface area contributed by atoms with E-state index in [-0.39, 0.29) is 11.3 Å². The second kappa shape index (κ2) is 5.81. The van der Waals surface area contributed by atoms with E-state index >= 15 is 0 Å². The summed E-state index contributed by atoms with van der Waals surface area (Å²) in [5, 5.41) is 19.1. The van der Waals surface area contributed by atoms with Crippen molar-refractivity contribution in [3.05, 3.63) is 29.3 Å². The van der Waals surface area contributed by atoms with Crippen LogP contribution in [-0.2, 0) is 6.18 Å². The van der Waals surface area contributed by atoms with Gasteiger partial charge in [0, 0.05) is 5.75 Å². The molecule has 2 atom stereocenters. The largest absolute Gasteiger partial charge is 0.496 e. The number of thiol groups is 1. The van der Waals surface area contributed by atoms with Crippen LogP contribution in [0.15, 0.2) is 18.2 Å². The molecular formula is C11H13F3O3S. The van der Waals surface area contributed by atoms with Crippen LogP contribution in [0.5, 0.6) is 5.75 Å². The molecule has 7 heteroatoms. The quantitative estimate of drug-likeness (QED) is 0.741. The van der Waals surface area contributed by atoms with E-state index in [9.17, 15) is 23.4 Å². The van der Waals surface area contributed by atoms with Gasteiger partial charge >= 0.3 is 6.18 Å². The molecule has 0 amide bonds. The summed E-state index contributed by atoms with van der Waals surface area (Å²) in [6.45, 7) is 0. The molecule has 0 aromatic heterocycles. The Morgan fingerprint density at radius 1 is 1.33 bits per heavy atom. The Bertz CT molecular complexity index is 409. The van der Waals surface area contributed by atoms with Crippen LogP contribution in [0.2, 0.25) is 0 Å². The van der Waals surface area contributed by atoms with Gasteiger partial charge in [0.05, 0.1) is 18.8 Å². The molecule has 0 aliphatic rings. The van der Waals surface area contributed by atoms with Gasteiger partial charge in [-0.15, -0.1) is 0 Å². The second-order valence-corrected chi connectivity index (χ2v) is 4.02. The lowest BCUT2D eigenvalue weighted by molar-refractivity contribution is -0.138. The third kappa shape index (κ3) is 3.30. The minimum Gasteiger partial charge on any atom is -0.496 e. The van der Waals surface area contributed by atoms with E-state index in [2.05, 4.69) is 17.4 Å². The molecule has 3 nitrogen and oxygen atoms in total. The van der Waals surface area contributed by atoms with Gasteiger partial charge in [-0.1, -0.05) is 6.07 Å². The number of aliphatic hydroxyl groups excluding tert-OH is 2. The molecular weight excluding hydrogens is 269 g/mol. The van der Waals surface area contributed by atoms with Crippen molar-refractivity contribution in [1.29, 1.82) is 0 Å². The fourth-order valence-corrected chi connectivity index (χ4v) is 1.65.